The Kier molecular flexibility index (Phi) is 25.0. The van der Waals surface area contributed by atoms with Crippen LogP contribution in [0, 0.1) is 35.5 Å². The van der Waals surface area contributed by atoms with Gasteiger partial charge >= 0.3 is 0 Å². The van der Waals surface area contributed by atoms with E-state index < -0.39 is 0 Å². The summed E-state index contributed by atoms with van der Waals surface area (Å²) in [6, 6.07) is 1.88. The van der Waals surface area contributed by atoms with Crippen molar-refractivity contribution in [3.8, 4) is 0 Å². The number of β-amino-alcohol motifs (C(OH)–C–C–N with tert-alkyl or cyclic N) is 2. The van der Waals surface area contributed by atoms with Gasteiger partial charge in [0.1, 0.15) is 0 Å². The molecule has 2 N–H and O–H groups in total. The average Bonchev–Trinajstić information content (AvgIpc) is 2.90. The Hall–Kier alpha value is 0.904. The van der Waals surface area contributed by atoms with Gasteiger partial charge in [0.05, 0.1) is 12.2 Å². The summed E-state index contributed by atoms with van der Waals surface area (Å²) in [6.07, 6.45) is 4.73. The molecule has 0 bridgehead atoms. The summed E-state index contributed by atoms with van der Waals surface area (Å²) in [7, 11) is 0. The Morgan fingerprint density at radius 1 is 0.537 bits per heavy atom. The van der Waals surface area contributed by atoms with Crippen molar-refractivity contribution in [1.29, 1.82) is 0 Å². The summed E-state index contributed by atoms with van der Waals surface area (Å²) in [6.45, 7) is 37.4. The maximum Gasteiger partial charge on any atom is 0.0698 e. The van der Waals surface area contributed by atoms with Crippen LogP contribution >= 0.6 is 0 Å². The Morgan fingerprint density at radius 2 is 0.854 bits per heavy atom. The van der Waals surface area contributed by atoms with Crippen LogP contribution in [0.15, 0.2) is 0 Å². The summed E-state index contributed by atoms with van der Waals surface area (Å²) in [5, 5.41) is 19.8. The van der Waals surface area contributed by atoms with Gasteiger partial charge in [0, 0.05) is 63.9 Å². The molecule has 41 heavy (non-hydrogen) atoms. The number of aliphatic hydroxyl groups excluding tert-OH is 2. The third kappa shape index (κ3) is 16.7. The van der Waals surface area contributed by atoms with Crippen LogP contribution < -0.4 is 0 Å². The fraction of sp³-hybridized carbons (Fsp3) is 0.971. The van der Waals surface area contributed by atoms with Crippen LogP contribution in [-0.2, 0) is 32.7 Å². The molecule has 245 valence electrons. The normalized spacial score (nSPS) is 26.8. The van der Waals surface area contributed by atoms with Gasteiger partial charge in [-0.2, -0.15) is 18.8 Å². The fourth-order valence-electron chi connectivity index (χ4n) is 6.35. The van der Waals surface area contributed by atoms with E-state index in [1.54, 1.807) is 5.92 Å². The van der Waals surface area contributed by atoms with Crippen molar-refractivity contribution >= 4 is 0 Å². The molecular weight excluding hydrogens is 583 g/mol. The molecule has 3 fully saturated rings. The van der Waals surface area contributed by atoms with E-state index in [1.165, 1.54) is 25.9 Å². The number of rotatable bonds is 6. The van der Waals surface area contributed by atoms with Gasteiger partial charge in [-0.3, -0.25) is 9.80 Å². The van der Waals surface area contributed by atoms with Crippen molar-refractivity contribution in [2.75, 3.05) is 39.3 Å². The van der Waals surface area contributed by atoms with Gasteiger partial charge in [-0.1, -0.05) is 55.4 Å². The van der Waals surface area contributed by atoms with E-state index in [-0.39, 0.29) is 44.9 Å². The number of hydrogen-bond donors (Lipinski definition) is 2. The zero-order valence-corrected chi connectivity index (χ0v) is 33.0. The topological polar surface area (TPSA) is 50.2 Å². The summed E-state index contributed by atoms with van der Waals surface area (Å²) < 4.78 is 0. The minimum atomic E-state index is -0.115. The van der Waals surface area contributed by atoms with Crippen LogP contribution in [0.4, 0.5) is 0 Å². The van der Waals surface area contributed by atoms with Gasteiger partial charge in [0.15, 0.2) is 0 Å². The molecule has 3 heterocycles. The quantitative estimate of drug-likeness (QED) is 0.296. The fourth-order valence-corrected chi connectivity index (χ4v) is 6.35. The van der Waals surface area contributed by atoms with Crippen molar-refractivity contribution in [3.63, 3.8) is 0 Å². The minimum Gasteiger partial charge on any atom is -0.391 e. The number of likely N-dealkylation sites (tertiary alicyclic amines) is 3. The average molecular weight is 658 g/mol. The van der Waals surface area contributed by atoms with E-state index in [1.807, 2.05) is 13.8 Å². The second-order valence-corrected chi connectivity index (χ2v) is 14.1. The van der Waals surface area contributed by atoms with Crippen molar-refractivity contribution in [3.05, 3.63) is 5.92 Å². The molecule has 6 heteroatoms. The molecule has 5 nitrogen and oxygen atoms in total. The molecule has 0 aliphatic carbocycles. The predicted octanol–water partition coefficient (Wildman–Crippen LogP) is 7.21. The molecule has 3 saturated heterocycles. The molecule has 0 amide bonds. The number of hydrogen-bond acceptors (Lipinski definition) is 5. The molecule has 0 aromatic heterocycles. The maximum atomic E-state index is 9.92. The minimum absolute atomic E-state index is 0. The third-order valence-corrected chi connectivity index (χ3v) is 9.49. The zero-order chi connectivity index (χ0) is 31.2. The van der Waals surface area contributed by atoms with Crippen LogP contribution in [0.3, 0.4) is 0 Å². The summed E-state index contributed by atoms with van der Waals surface area (Å²) >= 11 is 0. The Labute approximate surface area is 283 Å². The Balaban J connectivity index is 0. The standard InChI is InChI=1S/2C11H23NO.C11H22N.C2H6.Y/c2*1-8(2)10-5-6-12(9(3)4)7-11(10)13;1-9(2)11-5-7-12(8-6-11)10(3)4;1-2;/h2*8-11,13H,5-7H2,1-4H3;9-10H,5-8H2,1-4H3;1-2H3;/q;;-1;;/t2*10-,11+;;;/m10.../s1. The monoisotopic (exact) mass is 657 g/mol. The second-order valence-electron chi connectivity index (χ2n) is 14.1. The van der Waals surface area contributed by atoms with E-state index in [2.05, 4.69) is 97.8 Å². The van der Waals surface area contributed by atoms with Crippen LogP contribution in [0.5, 0.6) is 0 Å². The van der Waals surface area contributed by atoms with Gasteiger partial charge in [-0.05, 0) is 104 Å². The van der Waals surface area contributed by atoms with Crippen LogP contribution in [0.2, 0.25) is 0 Å². The summed E-state index contributed by atoms with van der Waals surface area (Å²) in [5.41, 5.74) is 0. The van der Waals surface area contributed by atoms with Gasteiger partial charge < -0.3 is 21.0 Å². The molecule has 0 unspecified atom stereocenters. The van der Waals surface area contributed by atoms with Gasteiger partial charge in [-0.25, -0.2) is 0 Å². The van der Waals surface area contributed by atoms with Crippen molar-refractivity contribution < 1.29 is 42.9 Å². The molecule has 0 spiro atoms. The van der Waals surface area contributed by atoms with Gasteiger partial charge in [0.2, 0.25) is 0 Å². The van der Waals surface area contributed by atoms with Crippen LogP contribution in [0.1, 0.15) is 123 Å². The predicted molar refractivity (Wildman–Crippen MR) is 177 cm³/mol. The first kappa shape index (κ1) is 44.0. The van der Waals surface area contributed by atoms with Gasteiger partial charge in [0.25, 0.3) is 0 Å². The Morgan fingerprint density at radius 3 is 1.07 bits per heavy atom. The first-order valence-corrected chi connectivity index (χ1v) is 17.1. The first-order chi connectivity index (χ1) is 18.6. The van der Waals surface area contributed by atoms with Crippen molar-refractivity contribution in [1.82, 2.24) is 14.7 Å². The zero-order valence-electron chi connectivity index (χ0n) is 30.2. The molecule has 1 radical (unpaired) electrons. The van der Waals surface area contributed by atoms with Crippen molar-refractivity contribution in [2.24, 2.45) is 29.6 Å². The molecule has 0 saturated carbocycles. The molecule has 0 aromatic rings. The largest absolute Gasteiger partial charge is 0.391 e. The van der Waals surface area contributed by atoms with E-state index in [4.69, 9.17) is 0 Å². The van der Waals surface area contributed by atoms with E-state index in [9.17, 15) is 10.2 Å². The van der Waals surface area contributed by atoms with Gasteiger partial charge in [-0.15, -0.1) is 0 Å². The van der Waals surface area contributed by atoms with E-state index in [0.29, 0.717) is 35.8 Å². The van der Waals surface area contributed by atoms with E-state index >= 15 is 0 Å². The van der Waals surface area contributed by atoms with Crippen LogP contribution in [-0.4, -0.2) is 94.5 Å². The summed E-state index contributed by atoms with van der Waals surface area (Å²) in [5.74, 6) is 4.82. The summed E-state index contributed by atoms with van der Waals surface area (Å²) in [4.78, 5) is 7.30. The molecular formula is C35H74N3O2Y-. The molecule has 3 rings (SSSR count). The SMILES string of the molecule is CC.CC(C)[C-]1CCN(C(C)C)CC1.CC(C)[C@@H]1CCN(C(C)C)C[C@H]1O.CC(C)[C@H]1CCN(C(C)C)C[C@@H]1O.[Y]. The molecule has 0 aromatic carbocycles. The van der Waals surface area contributed by atoms with E-state index in [0.717, 1.165) is 51.0 Å². The van der Waals surface area contributed by atoms with Crippen LogP contribution in [0.25, 0.3) is 0 Å². The molecule has 4 atom stereocenters. The number of aliphatic hydroxyl groups is 2. The second kappa shape index (κ2) is 23.3. The molecule has 3 aliphatic rings. The first-order valence-electron chi connectivity index (χ1n) is 17.1. The smallest absolute Gasteiger partial charge is 0.0698 e. The van der Waals surface area contributed by atoms with Crippen molar-refractivity contribution in [2.45, 2.75) is 153 Å². The third-order valence-electron chi connectivity index (χ3n) is 9.49. The maximum absolute atomic E-state index is 9.92. The molecule has 3 aliphatic heterocycles. The number of nitrogens with zero attached hydrogens (tertiary/aromatic N) is 3. The number of piperidine rings is 3. The Bertz CT molecular complexity index is 554.